The van der Waals surface area contributed by atoms with E-state index < -0.39 is 0 Å². The number of carbonyl (C=O) groups is 2. The third-order valence-electron chi connectivity index (χ3n) is 3.23. The van der Waals surface area contributed by atoms with Crippen LogP contribution in [0.5, 0.6) is 0 Å². The number of hydrogen-bond acceptors (Lipinski definition) is 6. The van der Waals surface area contributed by atoms with Crippen molar-refractivity contribution in [1.82, 2.24) is 4.98 Å². The largest absolute Gasteiger partial charge is 0.466 e. The van der Waals surface area contributed by atoms with Crippen molar-refractivity contribution < 1.29 is 14.3 Å². The van der Waals surface area contributed by atoms with Crippen LogP contribution in [-0.4, -0.2) is 29.2 Å². The molecule has 1 unspecified atom stereocenters. The Morgan fingerprint density at radius 3 is 2.76 bits per heavy atom. The predicted octanol–water partition coefficient (Wildman–Crippen LogP) is 4.34. The quantitative estimate of drug-likeness (QED) is 0.670. The number of esters is 1. The molecule has 1 aromatic heterocycles. The number of benzene rings is 1. The molecule has 1 aromatic carbocycles. The van der Waals surface area contributed by atoms with Crippen molar-refractivity contribution in [2.45, 2.75) is 25.5 Å². The second kappa shape index (κ2) is 9.79. The van der Waals surface area contributed by atoms with Crippen LogP contribution < -0.4 is 5.32 Å². The Balaban J connectivity index is 1.79. The second-order valence-electron chi connectivity index (χ2n) is 5.18. The lowest BCUT2D eigenvalue weighted by atomic mass is 10.2. The van der Waals surface area contributed by atoms with E-state index in [4.69, 9.17) is 16.3 Å². The molecule has 1 atom stereocenters. The summed E-state index contributed by atoms with van der Waals surface area (Å²) >= 11 is 8.71. The maximum atomic E-state index is 12.1. The summed E-state index contributed by atoms with van der Waals surface area (Å²) in [6.45, 7) is 4.14. The highest BCUT2D eigenvalue weighted by atomic mass is 35.5. The van der Waals surface area contributed by atoms with Crippen molar-refractivity contribution in [2.75, 3.05) is 17.7 Å². The first-order valence-electron chi connectivity index (χ1n) is 7.75. The van der Waals surface area contributed by atoms with Gasteiger partial charge in [-0.3, -0.25) is 9.59 Å². The maximum absolute atomic E-state index is 12.1. The molecule has 0 saturated carbocycles. The standard InChI is InChI=1S/C17H19ClN2O3S2/c1-3-23-16(22)8-14-9-25-17(19-14)20-15(21)10-24-11(2)12-4-6-13(18)7-5-12/h4-7,9,11H,3,8,10H2,1-2H3,(H,19,20,21). The first kappa shape index (κ1) is 19.8. The zero-order valence-electron chi connectivity index (χ0n) is 14.0. The van der Waals surface area contributed by atoms with E-state index in [0.29, 0.717) is 28.2 Å². The number of ether oxygens (including phenoxy) is 1. The summed E-state index contributed by atoms with van der Waals surface area (Å²) in [6, 6.07) is 7.60. The average molecular weight is 399 g/mol. The minimum absolute atomic E-state index is 0.114. The molecule has 0 aliphatic heterocycles. The van der Waals surface area contributed by atoms with Crippen molar-refractivity contribution >= 4 is 51.7 Å². The molecule has 0 aliphatic carbocycles. The van der Waals surface area contributed by atoms with Crippen molar-refractivity contribution in [3.63, 3.8) is 0 Å². The van der Waals surface area contributed by atoms with E-state index in [9.17, 15) is 9.59 Å². The first-order valence-corrected chi connectivity index (χ1v) is 10.1. The molecule has 0 aliphatic rings. The molecule has 0 bridgehead atoms. The molecule has 5 nitrogen and oxygen atoms in total. The van der Waals surface area contributed by atoms with Crippen molar-refractivity contribution in [3.8, 4) is 0 Å². The van der Waals surface area contributed by atoms with Gasteiger partial charge in [-0.1, -0.05) is 23.7 Å². The van der Waals surface area contributed by atoms with Crippen molar-refractivity contribution in [3.05, 3.63) is 45.9 Å². The Bertz CT molecular complexity index is 719. The number of amides is 1. The van der Waals surface area contributed by atoms with Crippen LogP contribution in [-0.2, 0) is 20.7 Å². The number of rotatable bonds is 8. The van der Waals surface area contributed by atoms with Gasteiger partial charge in [0, 0.05) is 15.7 Å². The third kappa shape index (κ3) is 6.68. The molecule has 8 heteroatoms. The van der Waals surface area contributed by atoms with Crippen LogP contribution in [0, 0.1) is 0 Å². The molecule has 0 radical (unpaired) electrons. The zero-order chi connectivity index (χ0) is 18.2. The number of anilines is 1. The highest BCUT2D eigenvalue weighted by Gasteiger charge is 2.12. The predicted molar refractivity (Wildman–Crippen MR) is 103 cm³/mol. The SMILES string of the molecule is CCOC(=O)Cc1csc(NC(=O)CSC(C)c2ccc(Cl)cc2)n1. The van der Waals surface area contributed by atoms with Crippen LogP contribution in [0.3, 0.4) is 0 Å². The minimum atomic E-state index is -0.321. The van der Waals surface area contributed by atoms with Gasteiger partial charge in [0.1, 0.15) is 0 Å². The number of nitrogens with zero attached hydrogens (tertiary/aromatic N) is 1. The van der Waals surface area contributed by atoms with Gasteiger partial charge in [0.05, 0.1) is 24.5 Å². The number of thioether (sulfide) groups is 1. The lowest BCUT2D eigenvalue weighted by molar-refractivity contribution is -0.142. The summed E-state index contributed by atoms with van der Waals surface area (Å²) in [4.78, 5) is 27.7. The summed E-state index contributed by atoms with van der Waals surface area (Å²) in [5.41, 5.74) is 1.72. The molecule has 1 heterocycles. The van der Waals surface area contributed by atoms with Gasteiger partial charge in [-0.25, -0.2) is 4.98 Å². The molecule has 0 spiro atoms. The van der Waals surface area contributed by atoms with Gasteiger partial charge in [-0.15, -0.1) is 23.1 Å². The van der Waals surface area contributed by atoms with Crippen LogP contribution >= 0.6 is 34.7 Å². The molecule has 2 rings (SSSR count). The monoisotopic (exact) mass is 398 g/mol. The molecular weight excluding hydrogens is 380 g/mol. The van der Waals surface area contributed by atoms with E-state index in [2.05, 4.69) is 10.3 Å². The van der Waals surface area contributed by atoms with Crippen molar-refractivity contribution in [1.29, 1.82) is 0 Å². The summed E-state index contributed by atoms with van der Waals surface area (Å²) in [5.74, 6) is -0.128. The van der Waals surface area contributed by atoms with Crippen molar-refractivity contribution in [2.24, 2.45) is 0 Å². The minimum Gasteiger partial charge on any atom is -0.466 e. The number of nitrogens with one attached hydrogen (secondary N) is 1. The fourth-order valence-electron chi connectivity index (χ4n) is 1.99. The Morgan fingerprint density at radius 2 is 2.08 bits per heavy atom. The van der Waals surface area contributed by atoms with E-state index >= 15 is 0 Å². The molecular formula is C17H19ClN2O3S2. The molecule has 2 aromatic rings. The summed E-state index contributed by atoms with van der Waals surface area (Å²) in [5, 5.41) is 5.87. The Morgan fingerprint density at radius 1 is 1.36 bits per heavy atom. The van der Waals surface area contributed by atoms with Crippen LogP contribution in [0.1, 0.15) is 30.4 Å². The number of hydrogen-bond donors (Lipinski definition) is 1. The molecule has 0 saturated heterocycles. The fraction of sp³-hybridized carbons (Fsp3) is 0.353. The van der Waals surface area contributed by atoms with E-state index in [0.717, 1.165) is 5.56 Å². The molecule has 0 fully saturated rings. The highest BCUT2D eigenvalue weighted by Crippen LogP contribution is 2.29. The van der Waals surface area contributed by atoms with E-state index in [1.54, 1.807) is 12.3 Å². The Labute approximate surface area is 160 Å². The van der Waals surface area contributed by atoms with Gasteiger partial charge in [-0.2, -0.15) is 0 Å². The number of carbonyl (C=O) groups excluding carboxylic acids is 2. The number of thiazole rings is 1. The lowest BCUT2D eigenvalue weighted by Gasteiger charge is -2.11. The van der Waals surface area contributed by atoms with Crippen LogP contribution in [0.4, 0.5) is 5.13 Å². The molecule has 134 valence electrons. The molecule has 1 amide bonds. The highest BCUT2D eigenvalue weighted by molar-refractivity contribution is 8.00. The Kier molecular flexibility index (Phi) is 7.74. The lowest BCUT2D eigenvalue weighted by Crippen LogP contribution is -2.15. The van der Waals surface area contributed by atoms with Crippen LogP contribution in [0.2, 0.25) is 5.02 Å². The third-order valence-corrected chi connectivity index (χ3v) is 5.49. The summed E-state index contributed by atoms with van der Waals surface area (Å²) in [6.07, 6.45) is 0.114. The van der Waals surface area contributed by atoms with E-state index in [1.807, 2.05) is 31.2 Å². The number of aromatic nitrogens is 1. The van der Waals surface area contributed by atoms with Gasteiger partial charge in [0.2, 0.25) is 5.91 Å². The van der Waals surface area contributed by atoms with Crippen LogP contribution in [0.25, 0.3) is 0 Å². The average Bonchev–Trinajstić information content (AvgIpc) is 3.00. The molecule has 1 N–H and O–H groups in total. The van der Waals surface area contributed by atoms with Gasteiger partial charge in [-0.05, 0) is 31.5 Å². The normalized spacial score (nSPS) is 11.8. The van der Waals surface area contributed by atoms with E-state index in [1.165, 1.54) is 23.1 Å². The topological polar surface area (TPSA) is 68.3 Å². The second-order valence-corrected chi connectivity index (χ2v) is 7.80. The van der Waals surface area contributed by atoms with Crippen LogP contribution in [0.15, 0.2) is 29.6 Å². The van der Waals surface area contributed by atoms with Gasteiger partial charge in [0.25, 0.3) is 0 Å². The first-order chi connectivity index (χ1) is 12.0. The fourth-order valence-corrected chi connectivity index (χ4v) is 3.67. The summed E-state index contributed by atoms with van der Waals surface area (Å²) in [7, 11) is 0. The zero-order valence-corrected chi connectivity index (χ0v) is 16.3. The maximum Gasteiger partial charge on any atom is 0.311 e. The smallest absolute Gasteiger partial charge is 0.311 e. The summed E-state index contributed by atoms with van der Waals surface area (Å²) < 4.78 is 4.88. The van der Waals surface area contributed by atoms with Gasteiger partial charge < -0.3 is 10.1 Å². The van der Waals surface area contributed by atoms with E-state index in [-0.39, 0.29) is 23.5 Å². The Hall–Kier alpha value is -1.57. The van der Waals surface area contributed by atoms with Gasteiger partial charge in [0.15, 0.2) is 5.13 Å². The van der Waals surface area contributed by atoms with Gasteiger partial charge >= 0.3 is 5.97 Å². The number of halogens is 1. The molecule has 25 heavy (non-hydrogen) atoms.